The molecule has 3 saturated heterocycles. The van der Waals surface area contributed by atoms with Crippen LogP contribution in [-0.2, 0) is 28.6 Å². The van der Waals surface area contributed by atoms with E-state index in [2.05, 4.69) is 36.6 Å². The predicted molar refractivity (Wildman–Crippen MR) is 124 cm³/mol. The third kappa shape index (κ3) is 2.41. The van der Waals surface area contributed by atoms with Crippen LogP contribution in [0.5, 0.6) is 0 Å². The Balaban J connectivity index is 1.13. The minimum absolute atomic E-state index is 0.0530. The van der Waals surface area contributed by atoms with E-state index in [0.29, 0.717) is 18.3 Å². The molecule has 0 amide bonds. The summed E-state index contributed by atoms with van der Waals surface area (Å²) < 4.78 is 23.8. The third-order valence-corrected chi connectivity index (χ3v) is 16.4. The summed E-state index contributed by atoms with van der Waals surface area (Å²) in [7, 11) is 0. The van der Waals surface area contributed by atoms with Gasteiger partial charge in [0.25, 0.3) is 0 Å². The molecule has 8 aliphatic rings. The molecule has 10 heteroatoms. The molecule has 5 aliphatic carbocycles. The van der Waals surface area contributed by atoms with Crippen molar-refractivity contribution in [2.24, 2.45) is 35.5 Å². The number of carbonyl (C=O) groups excluding carboxylic acids is 3. The second kappa shape index (κ2) is 6.07. The van der Waals surface area contributed by atoms with E-state index in [1.165, 1.54) is 0 Å². The Labute approximate surface area is 201 Å². The standard InChI is InChI=1S/C21H26I2N2O6/c1-3-20(7-8-4-9(20)5-8)31-17(27)13-11-6-10-12(13)16(26)29-14(10)15(11)30-18(28)19(2,22)21-23(24-21)25-21/h8-15,24-25H,3-7H2,1-2H3. The van der Waals surface area contributed by atoms with E-state index in [-0.39, 0.29) is 39.0 Å². The number of halogens is 2. The molecule has 5 saturated carbocycles. The molecule has 4 bridgehead atoms. The fourth-order valence-electron chi connectivity index (χ4n) is 7.31. The van der Waals surface area contributed by atoms with Crippen molar-refractivity contribution >= 4 is 60.9 Å². The topological polar surface area (TPSA) is 123 Å². The molecule has 0 spiro atoms. The van der Waals surface area contributed by atoms with E-state index in [4.69, 9.17) is 14.2 Å². The van der Waals surface area contributed by atoms with Crippen molar-refractivity contribution in [3.05, 3.63) is 0 Å². The summed E-state index contributed by atoms with van der Waals surface area (Å²) in [5, 5.41) is 0. The Kier molecular flexibility index (Phi) is 3.95. The Morgan fingerprint density at radius 3 is 2.58 bits per heavy atom. The van der Waals surface area contributed by atoms with Crippen molar-refractivity contribution in [3.8, 4) is 0 Å². The number of rotatable bonds is 6. The summed E-state index contributed by atoms with van der Waals surface area (Å²) in [6.07, 6.45) is 3.76. The van der Waals surface area contributed by atoms with E-state index in [9.17, 15) is 14.4 Å². The van der Waals surface area contributed by atoms with Crippen LogP contribution < -0.4 is 7.06 Å². The van der Waals surface area contributed by atoms with Crippen LogP contribution >= 0.6 is 43.0 Å². The van der Waals surface area contributed by atoms with Gasteiger partial charge in [0.15, 0.2) is 0 Å². The number of esters is 3. The molecule has 170 valence electrons. The van der Waals surface area contributed by atoms with Gasteiger partial charge in [0.1, 0.15) is 0 Å². The van der Waals surface area contributed by atoms with Crippen molar-refractivity contribution in [2.75, 3.05) is 0 Å². The maximum absolute atomic E-state index is 13.5. The van der Waals surface area contributed by atoms with Gasteiger partial charge in [-0.05, 0) is 0 Å². The van der Waals surface area contributed by atoms with Crippen LogP contribution in [0, 0.1) is 35.5 Å². The molecule has 3 heterocycles. The van der Waals surface area contributed by atoms with Crippen LogP contribution in [0.2, 0.25) is 0 Å². The molecule has 8 rings (SSSR count). The van der Waals surface area contributed by atoms with Crippen LogP contribution in [0.3, 0.4) is 0 Å². The first-order valence-corrected chi connectivity index (χ1v) is 15.6. The Hall–Kier alpha value is -0.210. The summed E-state index contributed by atoms with van der Waals surface area (Å²) >= 11 is 0.845. The van der Waals surface area contributed by atoms with Gasteiger partial charge in [-0.15, -0.1) is 0 Å². The van der Waals surface area contributed by atoms with E-state index in [0.717, 1.165) is 25.7 Å². The second-order valence-corrected chi connectivity index (χ2v) is 17.1. The first kappa shape index (κ1) is 20.2. The van der Waals surface area contributed by atoms with Crippen LogP contribution in [0.25, 0.3) is 0 Å². The summed E-state index contributed by atoms with van der Waals surface area (Å²) in [5.41, 5.74) is -0.368. The Bertz CT molecular complexity index is 916. The van der Waals surface area contributed by atoms with E-state index in [1.54, 1.807) is 0 Å². The summed E-state index contributed by atoms with van der Waals surface area (Å²) in [4.78, 5) is 39.3. The molecule has 0 aromatic rings. The van der Waals surface area contributed by atoms with Gasteiger partial charge in [0.05, 0.1) is 0 Å². The van der Waals surface area contributed by atoms with Crippen molar-refractivity contribution in [3.63, 3.8) is 0 Å². The van der Waals surface area contributed by atoms with Gasteiger partial charge in [-0.1, -0.05) is 0 Å². The molecule has 8 nitrogen and oxygen atoms in total. The molecule has 8 fully saturated rings. The number of fused-ring (bicyclic) bond motifs is 3. The summed E-state index contributed by atoms with van der Waals surface area (Å²) in [5.74, 6) is -1.02. The molecule has 0 aromatic heterocycles. The van der Waals surface area contributed by atoms with Gasteiger partial charge in [-0.25, -0.2) is 0 Å². The Morgan fingerprint density at radius 1 is 1.29 bits per heavy atom. The van der Waals surface area contributed by atoms with Gasteiger partial charge < -0.3 is 0 Å². The molecule has 3 aliphatic heterocycles. The van der Waals surface area contributed by atoms with E-state index >= 15 is 0 Å². The summed E-state index contributed by atoms with van der Waals surface area (Å²) in [6, 6.07) is 0. The molecular formula is C21H26I2N2O6. The minimum atomic E-state index is -1.32. The monoisotopic (exact) mass is 656 g/mol. The molecular weight excluding hydrogens is 630 g/mol. The average molecular weight is 656 g/mol. The Morgan fingerprint density at radius 2 is 2.00 bits per heavy atom. The van der Waals surface area contributed by atoms with Crippen molar-refractivity contribution < 1.29 is 28.6 Å². The second-order valence-electron chi connectivity index (χ2n) is 10.6. The number of hydrogen-bond donors (Lipinski definition) is 2. The molecule has 31 heavy (non-hydrogen) atoms. The zero-order chi connectivity index (χ0) is 21.5. The SMILES string of the molecule is CCC1(OC(=O)C2C3CC4C(OC(=O)C42)C3OC(=O)C(C)(I)C23NI2N3)CC2CC1C2. The number of carbonyl (C=O) groups is 3. The number of hydrogen-bond acceptors (Lipinski definition) is 8. The first-order chi connectivity index (χ1) is 14.7. The maximum atomic E-state index is 13.5. The molecule has 8 unspecified atom stereocenters. The van der Waals surface area contributed by atoms with Gasteiger partial charge >= 0.3 is 203 Å². The fourth-order valence-corrected chi connectivity index (χ4v) is 15.1. The zero-order valence-electron chi connectivity index (χ0n) is 17.4. The predicted octanol–water partition coefficient (Wildman–Crippen LogP) is 2.22. The number of nitrogens with one attached hydrogen (secondary N) is 2. The normalized spacial score (nSPS) is 51.5. The molecule has 0 aromatic carbocycles. The van der Waals surface area contributed by atoms with Crippen LogP contribution in [0.1, 0.15) is 46.0 Å². The third-order valence-electron chi connectivity index (χ3n) is 9.27. The van der Waals surface area contributed by atoms with E-state index < -0.39 is 47.8 Å². The molecule has 2 N–H and O–H groups in total. The van der Waals surface area contributed by atoms with Gasteiger partial charge in [-0.3, -0.25) is 0 Å². The number of ether oxygens (including phenoxy) is 3. The van der Waals surface area contributed by atoms with Crippen LogP contribution in [0.15, 0.2) is 0 Å². The fraction of sp³-hybridized carbons (Fsp3) is 0.857. The van der Waals surface area contributed by atoms with Crippen molar-refractivity contribution in [2.45, 2.75) is 70.9 Å². The number of alkyl halides is 2. The van der Waals surface area contributed by atoms with Crippen molar-refractivity contribution in [1.29, 1.82) is 0 Å². The van der Waals surface area contributed by atoms with Gasteiger partial charge in [0.2, 0.25) is 0 Å². The average Bonchev–Trinajstić information content (AvgIpc) is 3.26. The molecule has 8 atom stereocenters. The summed E-state index contributed by atoms with van der Waals surface area (Å²) in [6.45, 7) is 3.98. The van der Waals surface area contributed by atoms with E-state index in [1.807, 2.05) is 6.92 Å². The van der Waals surface area contributed by atoms with Crippen LogP contribution in [-0.4, -0.2) is 42.8 Å². The quantitative estimate of drug-likeness (QED) is 0.0850. The van der Waals surface area contributed by atoms with Crippen LogP contribution in [0.4, 0.5) is 0 Å². The van der Waals surface area contributed by atoms with Gasteiger partial charge in [0, 0.05) is 0 Å². The zero-order valence-corrected chi connectivity index (χ0v) is 21.7. The molecule has 0 radical (unpaired) electrons. The van der Waals surface area contributed by atoms with Gasteiger partial charge in [-0.2, -0.15) is 0 Å². The van der Waals surface area contributed by atoms with Crippen molar-refractivity contribution in [1.82, 2.24) is 7.06 Å². The first-order valence-electron chi connectivity index (χ1n) is 11.3.